The minimum Gasteiger partial charge on any atom is -0.506 e. The van der Waals surface area contributed by atoms with Gasteiger partial charge in [-0.25, -0.2) is 12.6 Å². The molecular formula is C24H20N4O15S4. The number of aromatic hydroxyl groups is 3. The molecule has 19 nitrogen and oxygen atoms in total. The number of phenolic OH excluding ortho intramolecular Hbond substituents is 3. The van der Waals surface area contributed by atoms with Crippen LogP contribution in [-0.4, -0.2) is 75.0 Å². The second-order valence-electron chi connectivity index (χ2n) is 9.19. The Balaban J connectivity index is 1.71. The fourth-order valence-corrected chi connectivity index (χ4v) is 6.81. The maximum Gasteiger partial charge on any atom is 0.397 e. The van der Waals surface area contributed by atoms with Gasteiger partial charge in [0.05, 0.1) is 22.9 Å². The molecule has 4 aromatic rings. The van der Waals surface area contributed by atoms with Crippen LogP contribution in [0.1, 0.15) is 0 Å². The molecule has 0 bridgehead atoms. The van der Waals surface area contributed by atoms with Gasteiger partial charge in [-0.3, -0.25) is 13.7 Å². The largest absolute Gasteiger partial charge is 0.506 e. The van der Waals surface area contributed by atoms with E-state index in [4.69, 9.17) is 4.55 Å². The van der Waals surface area contributed by atoms with Crippen molar-refractivity contribution in [1.82, 2.24) is 0 Å². The van der Waals surface area contributed by atoms with Crippen molar-refractivity contribution >= 4 is 74.0 Å². The number of hydrogen-bond acceptors (Lipinski definition) is 16. The van der Waals surface area contributed by atoms with Crippen molar-refractivity contribution in [3.05, 3.63) is 60.7 Å². The second kappa shape index (κ2) is 12.9. The number of sulfone groups is 1. The van der Waals surface area contributed by atoms with E-state index >= 15 is 0 Å². The molecule has 0 saturated carbocycles. The number of phenols is 3. The highest BCUT2D eigenvalue weighted by molar-refractivity contribution is 7.91. The van der Waals surface area contributed by atoms with E-state index in [1.807, 2.05) is 0 Å². The van der Waals surface area contributed by atoms with Crippen LogP contribution in [0.15, 0.2) is 95.8 Å². The molecule has 0 radical (unpaired) electrons. The SMILES string of the molecule is O=S(=O)(O)OCCS(=O)(=O)c1ccc(O)c(/N=N/c2cc(/N=N/c3cc(S(=O)(=O)O)c4cccc(S(=O)(=O)O)c4c3)c(O)cc2O)c1. The zero-order valence-corrected chi connectivity index (χ0v) is 26.2. The lowest BCUT2D eigenvalue weighted by Crippen LogP contribution is -2.15. The summed E-state index contributed by atoms with van der Waals surface area (Å²) in [6.07, 6.45) is 0. The molecule has 0 aromatic heterocycles. The Morgan fingerprint density at radius 2 is 1.15 bits per heavy atom. The lowest BCUT2D eigenvalue weighted by Gasteiger charge is -2.09. The van der Waals surface area contributed by atoms with E-state index in [9.17, 15) is 58.1 Å². The Kier molecular flexibility index (Phi) is 9.66. The van der Waals surface area contributed by atoms with Crippen LogP contribution < -0.4 is 0 Å². The third-order valence-corrected chi connectivity index (χ3v) is 9.91. The van der Waals surface area contributed by atoms with E-state index in [0.717, 1.165) is 54.6 Å². The number of benzene rings is 4. The average molecular weight is 733 g/mol. The molecule has 0 atom stereocenters. The van der Waals surface area contributed by atoms with Crippen LogP contribution in [-0.2, 0) is 44.7 Å². The van der Waals surface area contributed by atoms with Crippen molar-refractivity contribution in [2.75, 3.05) is 12.4 Å². The van der Waals surface area contributed by atoms with Crippen LogP contribution in [0, 0.1) is 0 Å². The lowest BCUT2D eigenvalue weighted by atomic mass is 10.1. The Morgan fingerprint density at radius 1 is 0.574 bits per heavy atom. The molecule has 0 aliphatic heterocycles. The normalized spacial score (nSPS) is 13.2. The summed E-state index contributed by atoms with van der Waals surface area (Å²) in [6, 6.07) is 9.52. The predicted molar refractivity (Wildman–Crippen MR) is 159 cm³/mol. The van der Waals surface area contributed by atoms with Crippen LogP contribution in [0.4, 0.5) is 22.7 Å². The van der Waals surface area contributed by atoms with Gasteiger partial charge in [-0.2, -0.15) is 30.4 Å². The molecule has 0 fully saturated rings. The summed E-state index contributed by atoms with van der Waals surface area (Å²) in [6.45, 7) is -0.921. The Morgan fingerprint density at radius 3 is 1.72 bits per heavy atom. The van der Waals surface area contributed by atoms with Gasteiger partial charge in [0.25, 0.3) is 20.2 Å². The van der Waals surface area contributed by atoms with Crippen molar-refractivity contribution in [1.29, 1.82) is 0 Å². The predicted octanol–water partition coefficient (Wildman–Crippen LogP) is 3.87. The molecule has 23 heteroatoms. The molecule has 4 aromatic carbocycles. The van der Waals surface area contributed by atoms with Gasteiger partial charge in [-0.1, -0.05) is 12.1 Å². The summed E-state index contributed by atoms with van der Waals surface area (Å²) in [5.74, 6) is -2.84. The monoisotopic (exact) mass is 732 g/mol. The van der Waals surface area contributed by atoms with E-state index in [2.05, 4.69) is 24.6 Å². The number of nitrogens with zero attached hydrogens (tertiary/aromatic N) is 4. The first-order valence-electron chi connectivity index (χ1n) is 12.2. The number of azo groups is 2. The molecule has 0 saturated heterocycles. The van der Waals surface area contributed by atoms with Crippen molar-refractivity contribution in [3.8, 4) is 17.2 Å². The average Bonchev–Trinajstić information content (AvgIpc) is 2.94. The number of hydrogen-bond donors (Lipinski definition) is 6. The molecular weight excluding hydrogens is 713 g/mol. The third kappa shape index (κ3) is 8.60. The van der Waals surface area contributed by atoms with E-state index in [1.54, 1.807) is 0 Å². The Hall–Kier alpha value is -4.62. The summed E-state index contributed by atoms with van der Waals surface area (Å²) in [4.78, 5) is -1.95. The zero-order chi connectivity index (χ0) is 34.9. The summed E-state index contributed by atoms with van der Waals surface area (Å²) >= 11 is 0. The molecule has 0 heterocycles. The van der Waals surface area contributed by atoms with E-state index in [1.165, 1.54) is 6.07 Å². The highest BCUT2D eigenvalue weighted by Crippen LogP contribution is 2.41. The van der Waals surface area contributed by atoms with Gasteiger partial charge in [0.1, 0.15) is 44.1 Å². The fourth-order valence-electron chi connectivity index (χ4n) is 3.88. The minimum absolute atomic E-state index is 0.275. The lowest BCUT2D eigenvalue weighted by molar-refractivity contribution is 0.284. The molecule has 4 rings (SSSR count). The fraction of sp³-hybridized carbons (Fsp3) is 0.0833. The van der Waals surface area contributed by atoms with Gasteiger partial charge in [-0.15, -0.1) is 15.3 Å². The molecule has 0 amide bonds. The maximum absolute atomic E-state index is 12.5. The highest BCUT2D eigenvalue weighted by atomic mass is 32.3. The molecule has 6 N–H and O–H groups in total. The number of rotatable bonds is 11. The number of fused-ring (bicyclic) bond motifs is 1. The topological polar surface area (TPSA) is 317 Å². The zero-order valence-electron chi connectivity index (χ0n) is 23.0. The van der Waals surface area contributed by atoms with Crippen LogP contribution >= 0.6 is 0 Å². The van der Waals surface area contributed by atoms with Crippen molar-refractivity contribution < 1.29 is 66.8 Å². The van der Waals surface area contributed by atoms with Gasteiger partial charge in [0.15, 0.2) is 9.84 Å². The standard InChI is InChI=1S/C24H20N4O15S4/c29-20-5-4-14(44(32,33)7-6-43-47(40,41)42)10-17(20)27-28-19-11-18(21(30)12-22(19)31)26-25-13-8-16-15(24(9-13)46(37,38)39)2-1-3-23(16)45(34,35)36/h1-5,8-12,29-31H,6-7H2,(H,34,35,36)(H,37,38,39)(H,40,41,42)/b26-25+,28-27+. The van der Waals surface area contributed by atoms with Crippen LogP contribution in [0.5, 0.6) is 17.2 Å². The van der Waals surface area contributed by atoms with E-state index in [-0.39, 0.29) is 16.5 Å². The Labute approximate surface area is 265 Å². The van der Waals surface area contributed by atoms with E-state index < -0.39 is 102 Å². The quantitative estimate of drug-likeness (QED) is 0.0941. The van der Waals surface area contributed by atoms with Gasteiger partial charge in [0, 0.05) is 22.9 Å². The van der Waals surface area contributed by atoms with Gasteiger partial charge in [0.2, 0.25) is 0 Å². The Bertz CT molecular complexity index is 2410. The highest BCUT2D eigenvalue weighted by Gasteiger charge is 2.22. The van der Waals surface area contributed by atoms with Crippen molar-refractivity contribution in [3.63, 3.8) is 0 Å². The van der Waals surface area contributed by atoms with Crippen molar-refractivity contribution in [2.45, 2.75) is 14.7 Å². The maximum atomic E-state index is 12.5. The molecule has 0 unspecified atom stereocenters. The molecule has 0 aliphatic rings. The first kappa shape index (κ1) is 35.2. The summed E-state index contributed by atoms with van der Waals surface area (Å²) in [7, 11) is -19.0. The summed E-state index contributed by atoms with van der Waals surface area (Å²) in [5.41, 5.74) is -1.66. The van der Waals surface area contributed by atoms with Gasteiger partial charge >= 0.3 is 10.4 Å². The van der Waals surface area contributed by atoms with E-state index in [0.29, 0.717) is 0 Å². The molecule has 0 spiro atoms. The van der Waals surface area contributed by atoms with Crippen LogP contribution in [0.3, 0.4) is 0 Å². The van der Waals surface area contributed by atoms with Gasteiger partial charge < -0.3 is 15.3 Å². The smallest absolute Gasteiger partial charge is 0.397 e. The summed E-state index contributed by atoms with van der Waals surface area (Å²) < 4.78 is 126. The first-order valence-corrected chi connectivity index (χ1v) is 18.1. The van der Waals surface area contributed by atoms with Crippen molar-refractivity contribution in [2.24, 2.45) is 20.5 Å². The van der Waals surface area contributed by atoms with Crippen LogP contribution in [0.2, 0.25) is 0 Å². The molecule has 47 heavy (non-hydrogen) atoms. The third-order valence-electron chi connectivity index (χ3n) is 5.96. The van der Waals surface area contributed by atoms with Crippen LogP contribution in [0.25, 0.3) is 10.8 Å². The summed E-state index contributed by atoms with van der Waals surface area (Å²) in [5, 5.41) is 44.9. The van der Waals surface area contributed by atoms with Gasteiger partial charge in [-0.05, 0) is 36.4 Å². The molecule has 250 valence electrons. The minimum atomic E-state index is -4.96. The second-order valence-corrected chi connectivity index (χ2v) is 15.2. The first-order chi connectivity index (χ1) is 21.7. The molecule has 0 aliphatic carbocycles.